The highest BCUT2D eigenvalue weighted by molar-refractivity contribution is 5.85. The van der Waals surface area contributed by atoms with E-state index in [-0.39, 0.29) is 28.9 Å². The third-order valence-electron chi connectivity index (χ3n) is 12.2. The first kappa shape index (κ1) is 35.5. The molecule has 0 aromatic heterocycles. The van der Waals surface area contributed by atoms with E-state index in [0.29, 0.717) is 30.6 Å². The lowest BCUT2D eigenvalue weighted by atomic mass is 9.48. The third-order valence-corrected chi connectivity index (χ3v) is 12.2. The summed E-state index contributed by atoms with van der Waals surface area (Å²) >= 11 is 0. The smallest absolute Gasteiger partial charge is 0.313 e. The molecule has 0 saturated heterocycles. The van der Waals surface area contributed by atoms with Crippen LogP contribution in [0.25, 0.3) is 0 Å². The zero-order valence-corrected chi connectivity index (χ0v) is 29.0. The predicted molar refractivity (Wildman–Crippen MR) is 178 cm³/mol. The number of carbonyl (C=O) groups is 3. The van der Waals surface area contributed by atoms with Gasteiger partial charge < -0.3 is 14.2 Å². The van der Waals surface area contributed by atoms with Crippen LogP contribution in [-0.4, -0.2) is 30.6 Å². The highest BCUT2D eigenvalue weighted by Crippen LogP contribution is 2.78. The molecule has 2 unspecified atom stereocenters. The number of hydrogen-bond donors (Lipinski definition) is 0. The molecule has 3 atom stereocenters. The first-order valence-electron chi connectivity index (χ1n) is 18.3. The topological polar surface area (TPSA) is 78.9 Å². The molecule has 4 aliphatic rings. The number of carbonyl (C=O) groups excluding carboxylic acids is 3. The number of aryl methyl sites for hydroxylation is 1. The first-order valence-corrected chi connectivity index (χ1v) is 18.3. The molecular weight excluding hydrogens is 564 g/mol. The zero-order valence-electron chi connectivity index (χ0n) is 29.0. The summed E-state index contributed by atoms with van der Waals surface area (Å²) in [5, 5.41) is 0. The number of hydrogen-bond acceptors (Lipinski definition) is 6. The molecule has 0 N–H and O–H groups in total. The van der Waals surface area contributed by atoms with Crippen LogP contribution in [-0.2, 0) is 30.3 Å². The lowest BCUT2D eigenvalue weighted by molar-refractivity contribution is -0.176. The van der Waals surface area contributed by atoms with Crippen LogP contribution in [0.2, 0.25) is 0 Å². The largest absolute Gasteiger partial charge is 0.497 e. The Morgan fingerprint density at radius 1 is 0.756 bits per heavy atom. The fourth-order valence-corrected chi connectivity index (χ4v) is 9.66. The molecule has 0 spiro atoms. The van der Waals surface area contributed by atoms with Gasteiger partial charge in [-0.15, -0.1) is 0 Å². The molecule has 6 heteroatoms. The summed E-state index contributed by atoms with van der Waals surface area (Å²) in [7, 11) is 1.76. The molecule has 0 heterocycles. The van der Waals surface area contributed by atoms with Crippen LogP contribution < -0.4 is 4.74 Å². The Morgan fingerprint density at radius 2 is 1.33 bits per heavy atom. The van der Waals surface area contributed by atoms with Gasteiger partial charge in [0.15, 0.2) is 0 Å². The van der Waals surface area contributed by atoms with Crippen LogP contribution in [0, 0.1) is 16.7 Å². The van der Waals surface area contributed by atoms with Crippen molar-refractivity contribution in [2.45, 2.75) is 168 Å². The van der Waals surface area contributed by atoms with Crippen molar-refractivity contribution in [3.05, 3.63) is 29.3 Å². The second kappa shape index (κ2) is 16.0. The van der Waals surface area contributed by atoms with E-state index in [0.717, 1.165) is 88.7 Å². The van der Waals surface area contributed by atoms with Crippen molar-refractivity contribution in [3.63, 3.8) is 0 Å². The third kappa shape index (κ3) is 7.46. The van der Waals surface area contributed by atoms with E-state index in [4.69, 9.17) is 9.47 Å². The number of esters is 3. The second-order valence-electron chi connectivity index (χ2n) is 14.5. The molecule has 4 aliphatic carbocycles. The summed E-state index contributed by atoms with van der Waals surface area (Å²) in [6.45, 7) is 8.82. The summed E-state index contributed by atoms with van der Waals surface area (Å²) in [6, 6.07) is 6.76. The fraction of sp³-hybridized carbons (Fsp3) is 0.769. The second-order valence-corrected chi connectivity index (χ2v) is 14.5. The Morgan fingerprint density at radius 3 is 1.89 bits per heavy atom. The van der Waals surface area contributed by atoms with Gasteiger partial charge in [-0.25, -0.2) is 0 Å². The van der Waals surface area contributed by atoms with Crippen LogP contribution >= 0.6 is 0 Å². The van der Waals surface area contributed by atoms with E-state index < -0.39 is 0 Å². The average Bonchev–Trinajstić information content (AvgIpc) is 3.43. The van der Waals surface area contributed by atoms with Crippen LogP contribution in [0.5, 0.6) is 5.75 Å². The number of unbranched alkanes of at least 4 members (excludes halogenated alkanes) is 6. The van der Waals surface area contributed by atoms with Gasteiger partial charge in [0.25, 0.3) is 0 Å². The molecule has 0 amide bonds. The molecule has 0 aliphatic heterocycles. The van der Waals surface area contributed by atoms with Crippen molar-refractivity contribution in [2.75, 3.05) is 7.11 Å². The number of rotatable bonds is 14. The van der Waals surface area contributed by atoms with Crippen LogP contribution in [0.15, 0.2) is 18.2 Å². The average molecular weight is 625 g/mol. The Labute approximate surface area is 272 Å². The van der Waals surface area contributed by atoms with Gasteiger partial charge in [0, 0.05) is 24.7 Å². The Kier molecular flexibility index (Phi) is 12.6. The molecule has 5 rings (SSSR count). The van der Waals surface area contributed by atoms with Crippen molar-refractivity contribution in [3.8, 4) is 5.75 Å². The maximum absolute atomic E-state index is 12.7. The van der Waals surface area contributed by atoms with E-state index in [2.05, 4.69) is 50.6 Å². The van der Waals surface area contributed by atoms with Gasteiger partial charge in [0.1, 0.15) is 11.4 Å². The van der Waals surface area contributed by atoms with E-state index in [1.165, 1.54) is 37.7 Å². The van der Waals surface area contributed by atoms with E-state index in [1.807, 2.05) is 0 Å². The van der Waals surface area contributed by atoms with Gasteiger partial charge in [0.05, 0.1) is 7.11 Å². The molecule has 3 fully saturated rings. The molecular formula is C39H60O6. The first-order chi connectivity index (χ1) is 21.7. The maximum Gasteiger partial charge on any atom is 0.313 e. The molecule has 2 bridgehead atoms. The van der Waals surface area contributed by atoms with Gasteiger partial charge >= 0.3 is 17.9 Å². The van der Waals surface area contributed by atoms with E-state index >= 15 is 0 Å². The monoisotopic (exact) mass is 624 g/mol. The van der Waals surface area contributed by atoms with Crippen molar-refractivity contribution >= 4 is 17.9 Å². The standard InChI is InChI=1S/C27H38O3.C12H22O3/c1-4-5-6-7-24(28)30-27-16-14-26(15-17-27)23-11-8-19-18-20(29-3)9-10-21(19)22(23)12-13-25(26,27)2;1-3-5-7-9-11(13)15-12(14)10-8-6-4-2/h9-10,18,22-23H,4-8,11-17H2,1-3H3;3-10H2,1-2H3/t22?,23?,25-,26-,27+;/m0./s1. The van der Waals surface area contributed by atoms with Crippen LogP contribution in [0.4, 0.5) is 0 Å². The van der Waals surface area contributed by atoms with Gasteiger partial charge in [-0.2, -0.15) is 0 Å². The van der Waals surface area contributed by atoms with Crippen molar-refractivity contribution in [2.24, 2.45) is 16.7 Å². The highest BCUT2D eigenvalue weighted by atomic mass is 16.6. The Balaban J connectivity index is 0.000000262. The lowest BCUT2D eigenvalue weighted by Crippen LogP contribution is -2.53. The SMILES string of the molecule is CCCCCC(=O)OC(=O)CCCCC.CCCCCC(=O)O[C@]12CC[C@]3(CC1)C1CCc4cc(OC)ccc4C1CC[C@]23C. The van der Waals surface area contributed by atoms with Crippen molar-refractivity contribution in [1.29, 1.82) is 0 Å². The minimum atomic E-state index is -0.370. The van der Waals surface area contributed by atoms with E-state index in [1.54, 1.807) is 12.7 Å². The minimum Gasteiger partial charge on any atom is -0.497 e. The van der Waals surface area contributed by atoms with Crippen molar-refractivity contribution in [1.82, 2.24) is 0 Å². The normalized spacial score (nSPS) is 29.0. The number of fused-ring (bicyclic) bond motifs is 3. The van der Waals surface area contributed by atoms with Gasteiger partial charge in [0.2, 0.25) is 0 Å². The molecule has 3 saturated carbocycles. The summed E-state index contributed by atoms with van der Waals surface area (Å²) in [4.78, 5) is 35.0. The predicted octanol–water partition coefficient (Wildman–Crippen LogP) is 9.79. The number of methoxy groups -OCH3 is 1. The zero-order chi connectivity index (χ0) is 32.5. The number of ether oxygens (including phenoxy) is 3. The quantitative estimate of drug-likeness (QED) is 0.116. The van der Waals surface area contributed by atoms with Gasteiger partial charge in [-0.1, -0.05) is 72.3 Å². The number of benzene rings is 1. The lowest BCUT2D eigenvalue weighted by Gasteiger charge is -2.57. The van der Waals surface area contributed by atoms with Gasteiger partial charge in [-0.3, -0.25) is 14.4 Å². The Bertz CT molecular complexity index is 1130. The molecule has 0 radical (unpaired) electrons. The van der Waals surface area contributed by atoms with Crippen LogP contribution in [0.3, 0.4) is 0 Å². The van der Waals surface area contributed by atoms with E-state index in [9.17, 15) is 14.4 Å². The molecule has 6 nitrogen and oxygen atoms in total. The molecule has 252 valence electrons. The van der Waals surface area contributed by atoms with Crippen molar-refractivity contribution < 1.29 is 28.6 Å². The highest BCUT2D eigenvalue weighted by Gasteiger charge is 2.75. The maximum atomic E-state index is 12.7. The summed E-state index contributed by atoms with van der Waals surface area (Å²) in [6.07, 6.45) is 19.9. The molecule has 1 aromatic rings. The minimum absolute atomic E-state index is 0.0607. The summed E-state index contributed by atoms with van der Waals surface area (Å²) in [5.41, 5.74) is 3.40. The molecule has 45 heavy (non-hydrogen) atoms. The summed E-state index contributed by atoms with van der Waals surface area (Å²) < 4.78 is 16.6. The Hall–Kier alpha value is -2.37. The molecule has 1 aromatic carbocycles. The van der Waals surface area contributed by atoms with Crippen LogP contribution in [0.1, 0.15) is 167 Å². The summed E-state index contributed by atoms with van der Waals surface area (Å²) in [5.74, 6) is 1.71. The van der Waals surface area contributed by atoms with Gasteiger partial charge in [-0.05, 0) is 111 Å². The fourth-order valence-electron chi connectivity index (χ4n) is 9.66.